The fourth-order valence-corrected chi connectivity index (χ4v) is 5.27. The molecular weight excluding hydrogens is 606 g/mol. The van der Waals surface area contributed by atoms with Gasteiger partial charge in [0.25, 0.3) is 0 Å². The zero-order chi connectivity index (χ0) is 32.8. The molecule has 0 radical (unpaired) electrons. The zero-order valence-electron chi connectivity index (χ0n) is 31.3. The fraction of sp³-hybridized carbons (Fsp3) is 0.647. The number of phenolic OH excluding ortho intramolecular Hbond substituents is 2. The van der Waals surface area contributed by atoms with Crippen LogP contribution >= 0.6 is 16.1 Å². The van der Waals surface area contributed by atoms with Crippen LogP contribution in [0.2, 0.25) is 0 Å². The van der Waals surface area contributed by atoms with Crippen molar-refractivity contribution in [3.63, 3.8) is 0 Å². The number of hydrogen-bond donors (Lipinski definition) is 2. The normalized spacial score (nSPS) is 13.1. The van der Waals surface area contributed by atoms with E-state index in [1.807, 2.05) is 38.1 Å². The van der Waals surface area contributed by atoms with Crippen LogP contribution in [-0.2, 0) is 53.1 Å². The Labute approximate surface area is 296 Å². The molecule has 2 aromatic carbocycles. The van der Waals surface area contributed by atoms with Crippen molar-refractivity contribution < 1.29 is 31.2 Å². The molecule has 0 aliphatic rings. The molecule has 0 heterocycles. The Hall–Kier alpha value is -0.580. The summed E-state index contributed by atoms with van der Waals surface area (Å²) in [6.45, 7) is 29.2. The third kappa shape index (κ3) is 13.4. The molecule has 2 unspecified atom stereocenters. The number of aromatic hydroxyl groups is 2. The van der Waals surface area contributed by atoms with Crippen LogP contribution in [0, 0.1) is 0 Å². The standard InChI is InChI=1S/2C17H27O3P.Ca.2H/c2*1-8-21(19)20-11-12-9-13(16(2,3)4)15(18)14(10-12)17(5,6)7;;;/h2*9-10H,8,11H2,1-7H3;;;/q;;+2;2*-1/p+2. The SMILES string of the molecule is CC[P+](=O)OCc1cc(C(C)(C)C)c(O)c(C(C)(C)C)c1.CC[P+](=O)OCc1cc(C(C)(C)C)c(O)c(C(C)(C)C)c1.[Ca+2].[H-].[H-]. The van der Waals surface area contributed by atoms with E-state index in [9.17, 15) is 19.3 Å². The monoisotopic (exact) mass is 664 g/mol. The molecule has 0 bridgehead atoms. The van der Waals surface area contributed by atoms with E-state index in [0.717, 1.165) is 33.4 Å². The molecule has 2 aromatic rings. The van der Waals surface area contributed by atoms with Gasteiger partial charge in [0, 0.05) is 0 Å². The molecule has 2 rings (SSSR count). The van der Waals surface area contributed by atoms with E-state index < -0.39 is 16.1 Å². The molecule has 2 N–H and O–H groups in total. The van der Waals surface area contributed by atoms with Crippen molar-refractivity contribution in [2.75, 3.05) is 12.3 Å². The van der Waals surface area contributed by atoms with Crippen LogP contribution in [-0.4, -0.2) is 60.3 Å². The minimum absolute atomic E-state index is 0. The first-order valence-electron chi connectivity index (χ1n) is 14.8. The van der Waals surface area contributed by atoms with Crippen molar-refractivity contribution in [1.82, 2.24) is 0 Å². The zero-order valence-corrected chi connectivity index (χ0v) is 33.3. The second-order valence-electron chi connectivity index (χ2n) is 14.9. The predicted molar refractivity (Wildman–Crippen MR) is 185 cm³/mol. The fourth-order valence-electron chi connectivity index (χ4n) is 4.32. The second-order valence-corrected chi connectivity index (χ2v) is 18.0. The van der Waals surface area contributed by atoms with Gasteiger partial charge in [0.15, 0.2) is 12.3 Å². The van der Waals surface area contributed by atoms with E-state index in [1.165, 1.54) is 0 Å². The minimum atomic E-state index is -1.60. The van der Waals surface area contributed by atoms with Gasteiger partial charge in [0.1, 0.15) is 24.7 Å². The Morgan fingerprint density at radius 2 is 0.767 bits per heavy atom. The van der Waals surface area contributed by atoms with Crippen LogP contribution in [0.5, 0.6) is 11.5 Å². The Morgan fingerprint density at radius 1 is 0.558 bits per heavy atom. The summed E-state index contributed by atoms with van der Waals surface area (Å²) in [5, 5.41) is 21.2. The van der Waals surface area contributed by atoms with E-state index in [4.69, 9.17) is 9.05 Å². The Kier molecular flexibility index (Phi) is 16.6. The first kappa shape index (κ1) is 42.4. The molecule has 0 saturated carbocycles. The van der Waals surface area contributed by atoms with Crippen LogP contribution < -0.4 is 0 Å². The Morgan fingerprint density at radius 3 is 0.930 bits per heavy atom. The van der Waals surface area contributed by atoms with Gasteiger partial charge in [-0.15, -0.1) is 9.05 Å². The topological polar surface area (TPSA) is 93.1 Å². The van der Waals surface area contributed by atoms with E-state index in [2.05, 4.69) is 83.1 Å². The molecule has 0 aromatic heterocycles. The van der Waals surface area contributed by atoms with Gasteiger partial charge in [-0.25, -0.2) is 0 Å². The van der Waals surface area contributed by atoms with Gasteiger partial charge in [0.05, 0.1) is 0 Å². The number of rotatable bonds is 8. The molecular formula is C34H58CaO6P2+2. The van der Waals surface area contributed by atoms with Crippen molar-refractivity contribution in [3.8, 4) is 11.5 Å². The largest absolute Gasteiger partial charge is 2.00 e. The average molecular weight is 665 g/mol. The summed E-state index contributed by atoms with van der Waals surface area (Å²) in [6, 6.07) is 7.85. The maximum atomic E-state index is 11.5. The average Bonchev–Trinajstić information content (AvgIpc) is 2.84. The molecule has 6 nitrogen and oxygen atoms in total. The summed E-state index contributed by atoms with van der Waals surface area (Å²) in [6.07, 6.45) is 1.04. The molecule has 43 heavy (non-hydrogen) atoms. The quantitative estimate of drug-likeness (QED) is 0.216. The van der Waals surface area contributed by atoms with Gasteiger partial charge in [-0.3, -0.25) is 0 Å². The number of hydrogen-bond acceptors (Lipinski definition) is 6. The van der Waals surface area contributed by atoms with Crippen LogP contribution in [0.4, 0.5) is 0 Å². The van der Waals surface area contributed by atoms with E-state index in [-0.39, 0.29) is 62.3 Å². The van der Waals surface area contributed by atoms with Gasteiger partial charge in [-0.1, -0.05) is 83.1 Å². The number of benzene rings is 2. The van der Waals surface area contributed by atoms with Gasteiger partial charge < -0.3 is 13.1 Å². The van der Waals surface area contributed by atoms with Crippen molar-refractivity contribution in [2.24, 2.45) is 0 Å². The van der Waals surface area contributed by atoms with Crippen molar-refractivity contribution in [2.45, 2.75) is 132 Å². The van der Waals surface area contributed by atoms with Crippen LogP contribution in [0.1, 0.15) is 133 Å². The smallest absolute Gasteiger partial charge is 1.00 e. The third-order valence-corrected chi connectivity index (χ3v) is 8.71. The summed E-state index contributed by atoms with van der Waals surface area (Å²) in [4.78, 5) is 0. The molecule has 0 aliphatic carbocycles. The van der Waals surface area contributed by atoms with Crippen LogP contribution in [0.25, 0.3) is 0 Å². The van der Waals surface area contributed by atoms with Gasteiger partial charge >= 0.3 is 53.8 Å². The summed E-state index contributed by atoms with van der Waals surface area (Å²) >= 11 is 0. The maximum Gasteiger partial charge on any atom is 2.00 e. The molecule has 0 spiro atoms. The molecule has 0 fully saturated rings. The van der Waals surface area contributed by atoms with E-state index >= 15 is 0 Å². The number of phenols is 2. The van der Waals surface area contributed by atoms with Crippen molar-refractivity contribution >= 4 is 53.8 Å². The first-order valence-corrected chi connectivity index (χ1v) is 17.5. The Balaban J connectivity index is -0.000000735. The molecule has 0 saturated heterocycles. The van der Waals surface area contributed by atoms with Crippen molar-refractivity contribution in [3.05, 3.63) is 57.6 Å². The molecule has 240 valence electrons. The molecule has 0 aliphatic heterocycles. The van der Waals surface area contributed by atoms with Crippen LogP contribution in [0.3, 0.4) is 0 Å². The van der Waals surface area contributed by atoms with E-state index in [0.29, 0.717) is 37.0 Å². The van der Waals surface area contributed by atoms with Crippen molar-refractivity contribution in [1.29, 1.82) is 0 Å². The summed E-state index contributed by atoms with van der Waals surface area (Å²) in [7, 11) is -3.20. The first-order chi connectivity index (χ1) is 18.9. The summed E-state index contributed by atoms with van der Waals surface area (Å²) < 4.78 is 33.7. The van der Waals surface area contributed by atoms with Gasteiger partial charge in [-0.05, 0) is 102 Å². The summed E-state index contributed by atoms with van der Waals surface area (Å²) in [5.74, 6) is 0.720. The van der Waals surface area contributed by atoms with Crippen LogP contribution in [0.15, 0.2) is 24.3 Å². The second kappa shape index (κ2) is 16.8. The summed E-state index contributed by atoms with van der Waals surface area (Å²) in [5.41, 5.74) is 4.89. The Bertz CT molecular complexity index is 1090. The molecule has 0 amide bonds. The minimum Gasteiger partial charge on any atom is -1.00 e. The van der Waals surface area contributed by atoms with Gasteiger partial charge in [-0.2, -0.15) is 0 Å². The predicted octanol–water partition coefficient (Wildman–Crippen LogP) is 10.4. The van der Waals surface area contributed by atoms with Gasteiger partial charge in [0.2, 0.25) is 0 Å². The third-order valence-electron chi connectivity index (χ3n) is 6.84. The molecule has 2 atom stereocenters. The maximum absolute atomic E-state index is 11.5. The van der Waals surface area contributed by atoms with E-state index in [1.54, 1.807) is 0 Å². The molecule has 9 heteroatoms.